The maximum Gasteiger partial charge on any atom is 0.273 e. The lowest BCUT2D eigenvalue weighted by molar-refractivity contribution is 0.0740. The molecule has 0 fully saturated rings. The number of amides is 1. The number of aromatic amines is 1. The van der Waals surface area contributed by atoms with E-state index < -0.39 is 0 Å². The van der Waals surface area contributed by atoms with Crippen LogP contribution in [-0.4, -0.2) is 27.5 Å². The van der Waals surface area contributed by atoms with Gasteiger partial charge in [-0.1, -0.05) is 55.6 Å². The molecule has 144 valence electrons. The first-order valence-electron chi connectivity index (χ1n) is 9.50. The summed E-state index contributed by atoms with van der Waals surface area (Å²) in [5, 5.41) is 7.96. The summed E-state index contributed by atoms with van der Waals surface area (Å²) in [5.74, 6) is -0.406. The molecule has 0 aliphatic carbocycles. The molecule has 6 heteroatoms. The lowest BCUT2D eigenvalue weighted by atomic mass is 9.96. The molecule has 4 nitrogen and oxygen atoms in total. The average molecular weight is 398 g/mol. The molecular formula is C22H21ClFN3O. The monoisotopic (exact) mass is 397 g/mol. The van der Waals surface area contributed by atoms with Crippen molar-refractivity contribution in [2.75, 3.05) is 6.54 Å². The smallest absolute Gasteiger partial charge is 0.273 e. The Labute approximate surface area is 168 Å². The molecule has 4 rings (SSSR count). The van der Waals surface area contributed by atoms with Crippen LogP contribution >= 0.6 is 11.6 Å². The minimum atomic E-state index is -0.362. The van der Waals surface area contributed by atoms with Gasteiger partial charge in [-0.15, -0.1) is 0 Å². The Hall–Kier alpha value is -2.66. The van der Waals surface area contributed by atoms with E-state index >= 15 is 0 Å². The molecule has 1 aliphatic heterocycles. The summed E-state index contributed by atoms with van der Waals surface area (Å²) in [6.07, 6.45) is 3.01. The van der Waals surface area contributed by atoms with Crippen LogP contribution in [0.3, 0.4) is 0 Å². The summed E-state index contributed by atoms with van der Waals surface area (Å²) in [5.41, 5.74) is 3.60. The third-order valence-electron chi connectivity index (χ3n) is 5.15. The fourth-order valence-corrected chi connectivity index (χ4v) is 3.94. The first-order valence-corrected chi connectivity index (χ1v) is 9.88. The maximum absolute atomic E-state index is 14.0. The molecule has 1 unspecified atom stereocenters. The fourth-order valence-electron chi connectivity index (χ4n) is 3.81. The fraction of sp³-hybridized carbons (Fsp3) is 0.273. The number of hydrogen-bond donors (Lipinski definition) is 1. The van der Waals surface area contributed by atoms with Crippen molar-refractivity contribution in [1.82, 2.24) is 15.1 Å². The quantitative estimate of drug-likeness (QED) is 0.550. The van der Waals surface area contributed by atoms with Gasteiger partial charge in [-0.05, 0) is 36.2 Å². The highest BCUT2D eigenvalue weighted by molar-refractivity contribution is 6.30. The third-order valence-corrected chi connectivity index (χ3v) is 5.40. The first-order chi connectivity index (χ1) is 13.6. The number of carbonyl (C=O) groups is 1. The van der Waals surface area contributed by atoms with Crippen LogP contribution in [0.5, 0.6) is 0 Å². The van der Waals surface area contributed by atoms with Gasteiger partial charge in [0.05, 0.1) is 11.7 Å². The molecule has 0 radical (unpaired) electrons. The molecular weight excluding hydrogens is 377 g/mol. The normalized spacial score (nSPS) is 15.9. The van der Waals surface area contributed by atoms with Crippen molar-refractivity contribution in [2.24, 2.45) is 0 Å². The van der Waals surface area contributed by atoms with Crippen LogP contribution in [0.2, 0.25) is 5.02 Å². The Morgan fingerprint density at radius 3 is 2.68 bits per heavy atom. The molecule has 1 atom stereocenters. The zero-order chi connectivity index (χ0) is 19.7. The molecule has 1 N–H and O–H groups in total. The Kier molecular flexibility index (Phi) is 5.18. The number of nitrogens with one attached hydrogen (secondary N) is 1. The number of nitrogens with zero attached hydrogens (tertiary/aromatic N) is 2. The molecule has 0 saturated carbocycles. The number of halogens is 2. The van der Waals surface area contributed by atoms with Crippen LogP contribution in [0.1, 0.15) is 53.8 Å². The van der Waals surface area contributed by atoms with Crippen LogP contribution in [-0.2, 0) is 0 Å². The summed E-state index contributed by atoms with van der Waals surface area (Å²) >= 11 is 6.02. The largest absolute Gasteiger partial charge is 0.326 e. The molecule has 3 aromatic rings. The van der Waals surface area contributed by atoms with Crippen LogP contribution in [0.25, 0.3) is 11.3 Å². The molecule has 0 spiro atoms. The van der Waals surface area contributed by atoms with Crippen molar-refractivity contribution in [3.63, 3.8) is 0 Å². The highest BCUT2D eigenvalue weighted by Gasteiger charge is 2.41. The van der Waals surface area contributed by atoms with E-state index in [4.69, 9.17) is 11.6 Å². The van der Waals surface area contributed by atoms with Crippen LogP contribution in [0.15, 0.2) is 48.5 Å². The second-order valence-electron chi connectivity index (χ2n) is 7.03. The van der Waals surface area contributed by atoms with Gasteiger partial charge in [-0.2, -0.15) is 5.10 Å². The van der Waals surface area contributed by atoms with Crippen molar-refractivity contribution < 1.29 is 9.18 Å². The van der Waals surface area contributed by atoms with E-state index in [1.165, 1.54) is 12.1 Å². The van der Waals surface area contributed by atoms with Gasteiger partial charge in [-0.3, -0.25) is 9.89 Å². The molecule has 2 heterocycles. The summed E-state index contributed by atoms with van der Waals surface area (Å²) < 4.78 is 14.0. The zero-order valence-electron chi connectivity index (χ0n) is 15.6. The number of fused-ring (bicyclic) bond motifs is 1. The summed E-state index contributed by atoms with van der Waals surface area (Å²) in [7, 11) is 0. The topological polar surface area (TPSA) is 49.0 Å². The van der Waals surface area contributed by atoms with Gasteiger partial charge in [0.2, 0.25) is 0 Å². The molecule has 0 bridgehead atoms. The highest BCUT2D eigenvalue weighted by Crippen LogP contribution is 2.43. The van der Waals surface area contributed by atoms with Crippen molar-refractivity contribution in [3.8, 4) is 11.3 Å². The van der Waals surface area contributed by atoms with Gasteiger partial charge in [0.15, 0.2) is 0 Å². The first kappa shape index (κ1) is 18.7. The van der Waals surface area contributed by atoms with E-state index in [-0.39, 0.29) is 17.8 Å². The second-order valence-corrected chi connectivity index (χ2v) is 7.47. The number of carbonyl (C=O) groups excluding carboxylic acids is 1. The molecule has 0 saturated heterocycles. The Morgan fingerprint density at radius 2 is 1.96 bits per heavy atom. The number of aromatic nitrogens is 2. The standard InChI is InChI=1S/C22H21ClFN3O/c1-2-3-4-12-27-21(15-6-5-7-17(24)13-15)18-19(25-26-20(18)22(27)28)14-8-10-16(23)11-9-14/h5-11,13,21H,2-4,12H2,1H3,(H,25,26). The van der Waals surface area contributed by atoms with Crippen molar-refractivity contribution in [3.05, 3.63) is 76.2 Å². The van der Waals surface area contributed by atoms with Crippen LogP contribution in [0.4, 0.5) is 4.39 Å². The summed E-state index contributed by atoms with van der Waals surface area (Å²) in [6.45, 7) is 2.75. The predicted molar refractivity (Wildman–Crippen MR) is 108 cm³/mol. The van der Waals surface area contributed by atoms with E-state index in [0.717, 1.165) is 36.0 Å². The van der Waals surface area contributed by atoms with Crippen molar-refractivity contribution in [1.29, 1.82) is 0 Å². The molecule has 1 aliphatic rings. The number of benzene rings is 2. The minimum Gasteiger partial charge on any atom is -0.326 e. The average Bonchev–Trinajstić information content (AvgIpc) is 3.22. The van der Waals surface area contributed by atoms with E-state index in [2.05, 4.69) is 17.1 Å². The van der Waals surface area contributed by atoms with Gasteiger partial charge >= 0.3 is 0 Å². The Bertz CT molecular complexity index is 999. The lowest BCUT2D eigenvalue weighted by Crippen LogP contribution is -2.30. The predicted octanol–water partition coefficient (Wildman–Crippen LogP) is 5.60. The highest BCUT2D eigenvalue weighted by atomic mass is 35.5. The number of H-pyrrole nitrogens is 1. The molecule has 2 aromatic carbocycles. The van der Waals surface area contributed by atoms with E-state index in [9.17, 15) is 9.18 Å². The number of rotatable bonds is 6. The summed E-state index contributed by atoms with van der Waals surface area (Å²) in [4.78, 5) is 14.9. The van der Waals surface area contributed by atoms with Crippen molar-refractivity contribution >= 4 is 17.5 Å². The van der Waals surface area contributed by atoms with E-state index in [1.807, 2.05) is 23.1 Å². The molecule has 1 amide bonds. The van der Waals surface area contributed by atoms with Gasteiger partial charge in [0.1, 0.15) is 11.5 Å². The van der Waals surface area contributed by atoms with Crippen LogP contribution in [0, 0.1) is 5.82 Å². The molecule has 28 heavy (non-hydrogen) atoms. The molecule has 1 aromatic heterocycles. The maximum atomic E-state index is 14.0. The van der Waals surface area contributed by atoms with E-state index in [0.29, 0.717) is 23.0 Å². The van der Waals surface area contributed by atoms with Crippen LogP contribution < -0.4 is 0 Å². The van der Waals surface area contributed by atoms with Gasteiger partial charge < -0.3 is 4.90 Å². The SMILES string of the molecule is CCCCCN1C(=O)c2[nH]nc(-c3ccc(Cl)cc3)c2C1c1cccc(F)c1. The van der Waals surface area contributed by atoms with Gasteiger partial charge in [0.25, 0.3) is 5.91 Å². The van der Waals surface area contributed by atoms with Gasteiger partial charge in [0, 0.05) is 22.7 Å². The minimum absolute atomic E-state index is 0.0897. The Morgan fingerprint density at radius 1 is 1.18 bits per heavy atom. The number of hydrogen-bond acceptors (Lipinski definition) is 2. The van der Waals surface area contributed by atoms with Gasteiger partial charge in [-0.25, -0.2) is 4.39 Å². The second kappa shape index (κ2) is 7.76. The zero-order valence-corrected chi connectivity index (χ0v) is 16.3. The summed E-state index contributed by atoms with van der Waals surface area (Å²) in [6, 6.07) is 13.4. The Balaban J connectivity index is 1.82. The lowest BCUT2D eigenvalue weighted by Gasteiger charge is -2.26. The van der Waals surface area contributed by atoms with E-state index in [1.54, 1.807) is 18.2 Å². The number of unbranched alkanes of at least 4 members (excludes halogenated alkanes) is 2. The van der Waals surface area contributed by atoms with Crippen molar-refractivity contribution in [2.45, 2.75) is 32.2 Å². The third kappa shape index (κ3) is 3.31.